The maximum Gasteiger partial charge on any atom is 0.0627 e. The van der Waals surface area contributed by atoms with Gasteiger partial charge in [0.15, 0.2) is 0 Å². The zero-order valence-electron chi connectivity index (χ0n) is 11.6. The SMILES string of the molecule is OC(CCc1ccncc1)C1CCCc2cccnc21. The van der Waals surface area contributed by atoms with Crippen molar-refractivity contribution >= 4 is 0 Å². The van der Waals surface area contributed by atoms with Crippen molar-refractivity contribution in [3.63, 3.8) is 0 Å². The van der Waals surface area contributed by atoms with Crippen molar-refractivity contribution in [2.75, 3.05) is 0 Å². The summed E-state index contributed by atoms with van der Waals surface area (Å²) in [5.41, 5.74) is 3.66. The van der Waals surface area contributed by atoms with Crippen molar-refractivity contribution in [1.82, 2.24) is 9.97 Å². The molecule has 3 nitrogen and oxygen atoms in total. The number of nitrogens with zero attached hydrogens (tertiary/aromatic N) is 2. The monoisotopic (exact) mass is 268 g/mol. The van der Waals surface area contributed by atoms with Gasteiger partial charge in [0, 0.05) is 30.2 Å². The first kappa shape index (κ1) is 13.3. The van der Waals surface area contributed by atoms with Gasteiger partial charge in [-0.05, 0) is 61.4 Å². The van der Waals surface area contributed by atoms with Gasteiger partial charge in [-0.1, -0.05) is 6.07 Å². The summed E-state index contributed by atoms with van der Waals surface area (Å²) in [6.07, 6.45) is 10.1. The molecule has 1 aliphatic carbocycles. The van der Waals surface area contributed by atoms with Crippen LogP contribution in [0.25, 0.3) is 0 Å². The van der Waals surface area contributed by atoms with Gasteiger partial charge < -0.3 is 5.11 Å². The fraction of sp³-hybridized carbons (Fsp3) is 0.412. The Morgan fingerprint density at radius 2 is 2.05 bits per heavy atom. The quantitative estimate of drug-likeness (QED) is 0.927. The van der Waals surface area contributed by atoms with Crippen LogP contribution in [-0.2, 0) is 12.8 Å². The molecular weight excluding hydrogens is 248 g/mol. The Morgan fingerprint density at radius 3 is 2.90 bits per heavy atom. The summed E-state index contributed by atoms with van der Waals surface area (Å²) < 4.78 is 0. The lowest BCUT2D eigenvalue weighted by Gasteiger charge is -2.28. The van der Waals surface area contributed by atoms with Crippen molar-refractivity contribution in [1.29, 1.82) is 0 Å². The zero-order valence-corrected chi connectivity index (χ0v) is 11.6. The van der Waals surface area contributed by atoms with Crippen LogP contribution in [0.1, 0.15) is 42.0 Å². The Kier molecular flexibility index (Phi) is 4.07. The molecular formula is C17H20N2O. The van der Waals surface area contributed by atoms with E-state index in [0.717, 1.165) is 37.8 Å². The Labute approximate surface area is 119 Å². The van der Waals surface area contributed by atoms with Crippen molar-refractivity contribution in [3.8, 4) is 0 Å². The normalized spacial score (nSPS) is 19.4. The third-order valence-electron chi connectivity index (χ3n) is 4.18. The highest BCUT2D eigenvalue weighted by atomic mass is 16.3. The molecule has 2 unspecified atom stereocenters. The number of pyridine rings is 2. The Morgan fingerprint density at radius 1 is 1.20 bits per heavy atom. The van der Waals surface area contributed by atoms with E-state index in [4.69, 9.17) is 0 Å². The molecule has 2 aromatic rings. The number of aliphatic hydroxyl groups is 1. The van der Waals surface area contributed by atoms with Crippen LogP contribution in [0.5, 0.6) is 0 Å². The molecule has 1 aliphatic rings. The van der Waals surface area contributed by atoms with Crippen molar-refractivity contribution in [2.45, 2.75) is 44.1 Å². The molecule has 20 heavy (non-hydrogen) atoms. The number of hydrogen-bond acceptors (Lipinski definition) is 3. The summed E-state index contributed by atoms with van der Waals surface area (Å²) in [6, 6.07) is 8.16. The maximum atomic E-state index is 10.5. The van der Waals surface area contributed by atoms with E-state index in [1.165, 1.54) is 11.1 Å². The van der Waals surface area contributed by atoms with Crippen LogP contribution in [0.15, 0.2) is 42.9 Å². The molecule has 0 saturated carbocycles. The maximum absolute atomic E-state index is 10.5. The summed E-state index contributed by atoms with van der Waals surface area (Å²) >= 11 is 0. The molecule has 0 saturated heterocycles. The van der Waals surface area contributed by atoms with Gasteiger partial charge in [-0.25, -0.2) is 0 Å². The largest absolute Gasteiger partial charge is 0.392 e. The topological polar surface area (TPSA) is 46.0 Å². The fourth-order valence-corrected chi connectivity index (χ4v) is 3.09. The lowest BCUT2D eigenvalue weighted by molar-refractivity contribution is 0.123. The van der Waals surface area contributed by atoms with E-state index in [1.807, 2.05) is 24.4 Å². The first-order chi connectivity index (χ1) is 9.84. The number of hydrogen-bond donors (Lipinski definition) is 1. The van der Waals surface area contributed by atoms with E-state index < -0.39 is 0 Å². The Hall–Kier alpha value is -1.74. The van der Waals surface area contributed by atoms with E-state index in [0.29, 0.717) is 0 Å². The third kappa shape index (κ3) is 2.88. The first-order valence-electron chi connectivity index (χ1n) is 7.35. The molecule has 0 fully saturated rings. The van der Waals surface area contributed by atoms with Crippen LogP contribution in [0.3, 0.4) is 0 Å². The molecule has 0 amide bonds. The lowest BCUT2D eigenvalue weighted by Crippen LogP contribution is -2.24. The van der Waals surface area contributed by atoms with Gasteiger partial charge in [-0.15, -0.1) is 0 Å². The standard InChI is InChI=1S/C17H20N2O/c20-16(7-6-13-8-11-18-12-9-13)15-5-1-3-14-4-2-10-19-17(14)15/h2,4,8-12,15-16,20H,1,3,5-7H2. The summed E-state index contributed by atoms with van der Waals surface area (Å²) in [7, 11) is 0. The van der Waals surface area contributed by atoms with Crippen LogP contribution in [0, 0.1) is 0 Å². The average molecular weight is 268 g/mol. The van der Waals surface area contributed by atoms with Crippen LogP contribution in [0.4, 0.5) is 0 Å². The molecule has 0 bridgehead atoms. The predicted octanol–water partition coefficient (Wildman–Crippen LogP) is 2.89. The number of rotatable bonds is 4. The van der Waals surface area contributed by atoms with Crippen molar-refractivity contribution in [2.24, 2.45) is 0 Å². The fourth-order valence-electron chi connectivity index (χ4n) is 3.09. The molecule has 0 spiro atoms. The van der Waals surface area contributed by atoms with Crippen LogP contribution in [-0.4, -0.2) is 21.2 Å². The number of fused-ring (bicyclic) bond motifs is 1. The summed E-state index contributed by atoms with van der Waals surface area (Å²) in [6.45, 7) is 0. The van der Waals surface area contributed by atoms with Crippen molar-refractivity contribution in [3.05, 3.63) is 59.7 Å². The van der Waals surface area contributed by atoms with Gasteiger partial charge in [0.25, 0.3) is 0 Å². The second-order valence-electron chi connectivity index (χ2n) is 5.51. The smallest absolute Gasteiger partial charge is 0.0627 e. The van der Waals surface area contributed by atoms with E-state index in [9.17, 15) is 5.11 Å². The van der Waals surface area contributed by atoms with Crippen LogP contribution in [0.2, 0.25) is 0 Å². The first-order valence-corrected chi connectivity index (χ1v) is 7.35. The summed E-state index contributed by atoms with van der Waals surface area (Å²) in [4.78, 5) is 8.53. The summed E-state index contributed by atoms with van der Waals surface area (Å²) in [5, 5.41) is 10.5. The van der Waals surface area contributed by atoms with Crippen LogP contribution >= 0.6 is 0 Å². The molecule has 3 heteroatoms. The van der Waals surface area contributed by atoms with Crippen LogP contribution < -0.4 is 0 Å². The highest BCUT2D eigenvalue weighted by Crippen LogP contribution is 2.33. The van der Waals surface area contributed by atoms with E-state index in [1.54, 1.807) is 12.4 Å². The lowest BCUT2D eigenvalue weighted by atomic mass is 9.81. The zero-order chi connectivity index (χ0) is 13.8. The molecule has 2 heterocycles. The highest BCUT2D eigenvalue weighted by Gasteiger charge is 2.27. The van der Waals surface area contributed by atoms with Gasteiger partial charge in [0.05, 0.1) is 6.10 Å². The molecule has 0 aromatic carbocycles. The molecule has 3 rings (SSSR count). The number of aliphatic hydroxyl groups excluding tert-OH is 1. The van der Waals surface area contributed by atoms with E-state index >= 15 is 0 Å². The number of aromatic nitrogens is 2. The molecule has 2 atom stereocenters. The Balaban J connectivity index is 1.67. The minimum absolute atomic E-state index is 0.196. The Bertz CT molecular complexity index is 556. The predicted molar refractivity (Wildman–Crippen MR) is 78.5 cm³/mol. The highest BCUT2D eigenvalue weighted by molar-refractivity contribution is 5.27. The number of aryl methyl sites for hydroxylation is 2. The van der Waals surface area contributed by atoms with Gasteiger partial charge in [0.2, 0.25) is 0 Å². The minimum atomic E-state index is -0.308. The second kappa shape index (κ2) is 6.14. The molecule has 0 radical (unpaired) electrons. The summed E-state index contributed by atoms with van der Waals surface area (Å²) in [5.74, 6) is 0.196. The molecule has 2 aromatic heterocycles. The van der Waals surface area contributed by atoms with Crippen molar-refractivity contribution < 1.29 is 5.11 Å². The van der Waals surface area contributed by atoms with Gasteiger partial charge >= 0.3 is 0 Å². The van der Waals surface area contributed by atoms with Gasteiger partial charge in [-0.3, -0.25) is 9.97 Å². The molecule has 104 valence electrons. The second-order valence-corrected chi connectivity index (χ2v) is 5.51. The molecule has 1 N–H and O–H groups in total. The minimum Gasteiger partial charge on any atom is -0.392 e. The van der Waals surface area contributed by atoms with E-state index in [-0.39, 0.29) is 12.0 Å². The van der Waals surface area contributed by atoms with Gasteiger partial charge in [0.1, 0.15) is 0 Å². The third-order valence-corrected chi connectivity index (χ3v) is 4.18. The average Bonchev–Trinajstić information content (AvgIpc) is 2.53. The molecule has 0 aliphatic heterocycles. The van der Waals surface area contributed by atoms with Gasteiger partial charge in [-0.2, -0.15) is 0 Å². The van der Waals surface area contributed by atoms with E-state index in [2.05, 4.69) is 16.0 Å².